The first-order chi connectivity index (χ1) is 5.08. The van der Waals surface area contributed by atoms with Gasteiger partial charge in [0.2, 0.25) is 0 Å². The van der Waals surface area contributed by atoms with E-state index in [1.807, 2.05) is 12.2 Å². The van der Waals surface area contributed by atoms with Crippen molar-refractivity contribution in [1.82, 2.24) is 0 Å². The van der Waals surface area contributed by atoms with Gasteiger partial charge in [-0.2, -0.15) is 8.42 Å². The quantitative estimate of drug-likeness (QED) is 0.512. The lowest BCUT2D eigenvalue weighted by Gasteiger charge is -2.04. The maximum atomic E-state index is 10.1. The fraction of sp³-hybridized carbons (Fsp3) is 0.667. The van der Waals surface area contributed by atoms with Gasteiger partial charge in [0, 0.05) is 5.92 Å². The predicted molar refractivity (Wildman–Crippen MR) is 39.4 cm³/mol. The largest absolute Gasteiger partial charge is 0.397 e. The van der Waals surface area contributed by atoms with Gasteiger partial charge in [-0.05, 0) is 12.8 Å². The van der Waals surface area contributed by atoms with Gasteiger partial charge < -0.3 is 0 Å². The highest BCUT2D eigenvalue weighted by molar-refractivity contribution is 7.80. The van der Waals surface area contributed by atoms with E-state index in [4.69, 9.17) is 4.55 Å². The molecule has 5 heteroatoms. The molecule has 1 aliphatic carbocycles. The maximum absolute atomic E-state index is 10.1. The van der Waals surface area contributed by atoms with Crippen LogP contribution >= 0.6 is 0 Å². The van der Waals surface area contributed by atoms with Crippen LogP contribution in [0.3, 0.4) is 0 Å². The van der Waals surface area contributed by atoms with Gasteiger partial charge in [-0.3, -0.25) is 4.55 Å². The van der Waals surface area contributed by atoms with E-state index in [0.29, 0.717) is 0 Å². The van der Waals surface area contributed by atoms with E-state index in [9.17, 15) is 8.42 Å². The first-order valence-corrected chi connectivity index (χ1v) is 4.73. The van der Waals surface area contributed by atoms with Gasteiger partial charge in [-0.25, -0.2) is 4.18 Å². The van der Waals surface area contributed by atoms with E-state index in [1.165, 1.54) is 0 Å². The summed E-state index contributed by atoms with van der Waals surface area (Å²) < 4.78 is 32.6. The summed E-state index contributed by atoms with van der Waals surface area (Å²) in [4.78, 5) is 0. The van der Waals surface area contributed by atoms with Crippen molar-refractivity contribution in [3.63, 3.8) is 0 Å². The summed E-state index contributed by atoms with van der Waals surface area (Å²) in [5.41, 5.74) is 0. The molecule has 0 fully saturated rings. The molecule has 64 valence electrons. The molecule has 1 N–H and O–H groups in total. The first-order valence-electron chi connectivity index (χ1n) is 3.36. The van der Waals surface area contributed by atoms with Crippen molar-refractivity contribution in [2.45, 2.75) is 12.8 Å². The number of rotatable bonds is 3. The second kappa shape index (κ2) is 3.34. The van der Waals surface area contributed by atoms with Crippen molar-refractivity contribution in [3.05, 3.63) is 12.2 Å². The third-order valence-electron chi connectivity index (χ3n) is 1.54. The minimum Gasteiger partial charge on any atom is -0.264 e. The predicted octanol–water partition coefficient (Wildman–Crippen LogP) is 0.772. The van der Waals surface area contributed by atoms with Crippen molar-refractivity contribution in [1.29, 1.82) is 0 Å². The molecule has 0 spiro atoms. The van der Waals surface area contributed by atoms with Crippen LogP contribution in [0.15, 0.2) is 12.2 Å². The average Bonchev–Trinajstić information content (AvgIpc) is 2.32. The molecular weight excluding hydrogens is 168 g/mol. The molecule has 4 nitrogen and oxygen atoms in total. The van der Waals surface area contributed by atoms with Crippen molar-refractivity contribution < 1.29 is 17.2 Å². The Morgan fingerprint density at radius 3 is 2.82 bits per heavy atom. The van der Waals surface area contributed by atoms with Crippen molar-refractivity contribution >= 4 is 10.4 Å². The Morgan fingerprint density at radius 1 is 1.64 bits per heavy atom. The molecule has 0 heterocycles. The van der Waals surface area contributed by atoms with Crippen LogP contribution in [0.25, 0.3) is 0 Å². The molecule has 0 saturated carbocycles. The van der Waals surface area contributed by atoms with E-state index >= 15 is 0 Å². The lowest BCUT2D eigenvalue weighted by Crippen LogP contribution is -2.10. The van der Waals surface area contributed by atoms with E-state index in [0.717, 1.165) is 12.8 Å². The average molecular weight is 178 g/mol. The van der Waals surface area contributed by atoms with Gasteiger partial charge in [0.25, 0.3) is 0 Å². The second-order valence-electron chi connectivity index (χ2n) is 2.48. The minimum absolute atomic E-state index is 0.0509. The van der Waals surface area contributed by atoms with Crippen molar-refractivity contribution in [3.8, 4) is 0 Å². The molecule has 1 aliphatic rings. The van der Waals surface area contributed by atoms with E-state index < -0.39 is 10.4 Å². The normalized spacial score (nSPS) is 24.3. The summed E-state index contributed by atoms with van der Waals surface area (Å²) >= 11 is 0. The first kappa shape index (κ1) is 8.70. The third kappa shape index (κ3) is 3.50. The maximum Gasteiger partial charge on any atom is 0.397 e. The summed E-state index contributed by atoms with van der Waals surface area (Å²) in [6, 6.07) is 0. The Bertz CT molecular complexity index is 241. The van der Waals surface area contributed by atoms with Crippen LogP contribution in [0.4, 0.5) is 0 Å². The molecular formula is C6H10O4S. The Hall–Kier alpha value is -0.390. The molecule has 0 aromatic carbocycles. The standard InChI is InChI=1S/C6H10O4S/c7-11(8,9)10-5-6-3-1-2-4-6/h1,3,6H,2,4-5H2,(H,7,8,9). The molecule has 0 aromatic rings. The Morgan fingerprint density at radius 2 is 2.36 bits per heavy atom. The molecule has 0 amide bonds. The van der Waals surface area contributed by atoms with Gasteiger partial charge in [-0.1, -0.05) is 12.2 Å². The summed E-state index contributed by atoms with van der Waals surface area (Å²) in [6.07, 6.45) is 5.72. The van der Waals surface area contributed by atoms with Gasteiger partial charge in [0.15, 0.2) is 0 Å². The second-order valence-corrected chi connectivity index (χ2v) is 3.57. The fourth-order valence-electron chi connectivity index (χ4n) is 1.01. The van der Waals surface area contributed by atoms with Crippen LogP contribution in [-0.2, 0) is 14.6 Å². The molecule has 1 unspecified atom stereocenters. The van der Waals surface area contributed by atoms with Crippen molar-refractivity contribution in [2.24, 2.45) is 5.92 Å². The van der Waals surface area contributed by atoms with Crippen LogP contribution in [-0.4, -0.2) is 19.6 Å². The van der Waals surface area contributed by atoms with Gasteiger partial charge in [0.1, 0.15) is 0 Å². The molecule has 0 aliphatic heterocycles. The Kier molecular flexibility index (Phi) is 2.64. The number of hydrogen-bond donors (Lipinski definition) is 1. The number of allylic oxidation sites excluding steroid dienone is 1. The lowest BCUT2D eigenvalue weighted by atomic mass is 10.1. The molecule has 0 aromatic heterocycles. The van der Waals surface area contributed by atoms with Crippen LogP contribution in [0.2, 0.25) is 0 Å². The third-order valence-corrected chi connectivity index (χ3v) is 1.98. The fourth-order valence-corrected chi connectivity index (χ4v) is 1.35. The van der Waals surface area contributed by atoms with Crippen LogP contribution in [0.1, 0.15) is 12.8 Å². The van der Waals surface area contributed by atoms with E-state index in [-0.39, 0.29) is 12.5 Å². The highest BCUT2D eigenvalue weighted by Crippen LogP contribution is 2.17. The highest BCUT2D eigenvalue weighted by Gasteiger charge is 2.13. The molecule has 11 heavy (non-hydrogen) atoms. The smallest absolute Gasteiger partial charge is 0.264 e. The topological polar surface area (TPSA) is 63.6 Å². The highest BCUT2D eigenvalue weighted by atomic mass is 32.3. The summed E-state index contributed by atoms with van der Waals surface area (Å²) in [7, 11) is -4.25. The van der Waals surface area contributed by atoms with E-state index in [1.54, 1.807) is 0 Å². The minimum atomic E-state index is -4.25. The zero-order chi connectivity index (χ0) is 8.32. The van der Waals surface area contributed by atoms with Crippen LogP contribution in [0, 0.1) is 5.92 Å². The lowest BCUT2D eigenvalue weighted by molar-refractivity contribution is 0.240. The van der Waals surface area contributed by atoms with Gasteiger partial charge >= 0.3 is 10.4 Å². The van der Waals surface area contributed by atoms with Crippen LogP contribution < -0.4 is 0 Å². The molecule has 0 bridgehead atoms. The van der Waals surface area contributed by atoms with Gasteiger partial charge in [0.05, 0.1) is 6.61 Å². The zero-order valence-electron chi connectivity index (χ0n) is 5.93. The van der Waals surface area contributed by atoms with Gasteiger partial charge in [-0.15, -0.1) is 0 Å². The summed E-state index contributed by atoms with van der Waals surface area (Å²) in [5.74, 6) is 0.136. The molecule has 1 atom stereocenters. The molecule has 1 rings (SSSR count). The van der Waals surface area contributed by atoms with Crippen LogP contribution in [0.5, 0.6) is 0 Å². The Balaban J connectivity index is 2.28. The molecule has 0 saturated heterocycles. The zero-order valence-corrected chi connectivity index (χ0v) is 6.75. The van der Waals surface area contributed by atoms with Crippen molar-refractivity contribution in [2.75, 3.05) is 6.61 Å². The SMILES string of the molecule is O=S(=O)(O)OCC1C=CCC1. The summed E-state index contributed by atoms with van der Waals surface area (Å²) in [6.45, 7) is 0.0509. The number of hydrogen-bond acceptors (Lipinski definition) is 3. The monoisotopic (exact) mass is 178 g/mol. The summed E-state index contributed by atoms with van der Waals surface area (Å²) in [5, 5.41) is 0. The van der Waals surface area contributed by atoms with E-state index in [2.05, 4.69) is 4.18 Å². The Labute approximate surface area is 65.8 Å². The molecule has 0 radical (unpaired) electrons.